The molecule has 1 amide bonds. The van der Waals surface area contributed by atoms with E-state index >= 15 is 0 Å². The van der Waals surface area contributed by atoms with Gasteiger partial charge in [-0.05, 0) is 48.9 Å². The number of carbonyl (C=O) groups excluding carboxylic acids is 1. The first-order chi connectivity index (χ1) is 16.7. The molecule has 0 aliphatic carbocycles. The summed E-state index contributed by atoms with van der Waals surface area (Å²) in [5.41, 5.74) is 4.69. The van der Waals surface area contributed by atoms with Gasteiger partial charge in [0, 0.05) is 13.1 Å². The fraction of sp³-hybridized carbons (Fsp3) is 0.400. The third kappa shape index (κ3) is 4.72. The minimum atomic E-state index is -3.66. The molecule has 4 aromatic rings. The SMILES string of the molecule is CC(C)CC1(O)CCN(C(=O)c2ccc(CS(=O)(=O)c3cccc4scnc34)c3scnc23)CC1. The van der Waals surface area contributed by atoms with Crippen LogP contribution in [0, 0.1) is 5.92 Å². The number of thiazole rings is 2. The van der Waals surface area contributed by atoms with Crippen molar-refractivity contribution in [3.05, 3.63) is 52.5 Å². The van der Waals surface area contributed by atoms with Crippen molar-refractivity contribution in [1.29, 1.82) is 0 Å². The van der Waals surface area contributed by atoms with E-state index < -0.39 is 15.4 Å². The summed E-state index contributed by atoms with van der Waals surface area (Å²) in [5.74, 6) is 0.0697. The summed E-state index contributed by atoms with van der Waals surface area (Å²) in [5, 5.41) is 10.8. The Labute approximate surface area is 212 Å². The van der Waals surface area contributed by atoms with E-state index in [2.05, 4.69) is 23.8 Å². The summed E-state index contributed by atoms with van der Waals surface area (Å²) in [7, 11) is -3.66. The normalized spacial score (nSPS) is 16.4. The second-order valence-corrected chi connectivity index (χ2v) is 13.3. The van der Waals surface area contributed by atoms with Crippen LogP contribution < -0.4 is 0 Å². The molecule has 10 heteroatoms. The molecular weight excluding hydrogens is 502 g/mol. The molecule has 0 bridgehead atoms. The summed E-state index contributed by atoms with van der Waals surface area (Å²) in [6.07, 6.45) is 1.83. The van der Waals surface area contributed by atoms with Crippen molar-refractivity contribution in [2.24, 2.45) is 5.92 Å². The number of rotatable bonds is 6. The lowest BCUT2D eigenvalue weighted by Gasteiger charge is -2.39. The molecule has 1 fully saturated rings. The van der Waals surface area contributed by atoms with Crippen LogP contribution in [0.4, 0.5) is 0 Å². The van der Waals surface area contributed by atoms with E-state index in [0.29, 0.717) is 58.7 Å². The Kier molecular flexibility index (Phi) is 6.41. The minimum Gasteiger partial charge on any atom is -0.390 e. The van der Waals surface area contributed by atoms with Crippen molar-refractivity contribution in [2.75, 3.05) is 13.1 Å². The van der Waals surface area contributed by atoms with Gasteiger partial charge in [0.2, 0.25) is 0 Å². The average Bonchev–Trinajstić information content (AvgIpc) is 3.48. The Balaban J connectivity index is 1.40. The van der Waals surface area contributed by atoms with Gasteiger partial charge in [-0.15, -0.1) is 22.7 Å². The van der Waals surface area contributed by atoms with Crippen LogP contribution in [0.2, 0.25) is 0 Å². The summed E-state index contributed by atoms with van der Waals surface area (Å²) >= 11 is 2.75. The number of benzene rings is 2. The van der Waals surface area contributed by atoms with Crippen LogP contribution in [0.25, 0.3) is 20.4 Å². The summed E-state index contributed by atoms with van der Waals surface area (Å²) in [6, 6.07) is 8.60. The molecule has 1 aliphatic rings. The van der Waals surface area contributed by atoms with Gasteiger partial charge in [0.25, 0.3) is 5.91 Å². The number of piperidine rings is 1. The highest BCUT2D eigenvalue weighted by Crippen LogP contribution is 2.33. The van der Waals surface area contributed by atoms with Crippen LogP contribution in [0.15, 0.2) is 46.2 Å². The molecule has 1 saturated heterocycles. The number of aliphatic hydroxyl groups is 1. The number of likely N-dealkylation sites (tertiary alicyclic amines) is 1. The molecular formula is C25H27N3O4S3. The Bertz CT molecular complexity index is 1500. The van der Waals surface area contributed by atoms with Crippen molar-refractivity contribution >= 4 is 58.9 Å². The minimum absolute atomic E-state index is 0.130. The highest BCUT2D eigenvalue weighted by molar-refractivity contribution is 7.91. The zero-order chi connectivity index (χ0) is 24.8. The second kappa shape index (κ2) is 9.24. The van der Waals surface area contributed by atoms with Crippen LogP contribution in [0.1, 0.15) is 49.0 Å². The molecule has 0 saturated carbocycles. The van der Waals surface area contributed by atoms with E-state index in [1.54, 1.807) is 40.2 Å². The van der Waals surface area contributed by atoms with Gasteiger partial charge in [-0.2, -0.15) is 0 Å². The predicted molar refractivity (Wildman–Crippen MR) is 140 cm³/mol. The van der Waals surface area contributed by atoms with Gasteiger partial charge < -0.3 is 10.0 Å². The maximum Gasteiger partial charge on any atom is 0.256 e. The van der Waals surface area contributed by atoms with Crippen LogP contribution >= 0.6 is 22.7 Å². The average molecular weight is 530 g/mol. The number of para-hydroxylation sites is 1. The first-order valence-corrected chi connectivity index (χ1v) is 15.0. The number of aromatic nitrogens is 2. The van der Waals surface area contributed by atoms with Crippen molar-refractivity contribution < 1.29 is 18.3 Å². The fourth-order valence-corrected chi connectivity index (χ4v) is 8.18. The largest absolute Gasteiger partial charge is 0.390 e. The van der Waals surface area contributed by atoms with E-state index in [1.807, 2.05) is 6.07 Å². The number of nitrogens with zero attached hydrogens (tertiary/aromatic N) is 3. The van der Waals surface area contributed by atoms with E-state index in [9.17, 15) is 18.3 Å². The molecule has 5 rings (SSSR count). The van der Waals surface area contributed by atoms with Crippen LogP contribution in [0.5, 0.6) is 0 Å². The first-order valence-electron chi connectivity index (χ1n) is 11.6. The monoisotopic (exact) mass is 529 g/mol. The van der Waals surface area contributed by atoms with Crippen LogP contribution in [-0.2, 0) is 15.6 Å². The lowest BCUT2D eigenvalue weighted by atomic mass is 9.84. The number of fused-ring (bicyclic) bond motifs is 2. The molecule has 7 nitrogen and oxygen atoms in total. The molecule has 0 atom stereocenters. The van der Waals surface area contributed by atoms with Crippen molar-refractivity contribution in [2.45, 2.75) is 49.4 Å². The van der Waals surface area contributed by atoms with E-state index in [0.717, 1.165) is 11.1 Å². The van der Waals surface area contributed by atoms with Gasteiger partial charge in [0.15, 0.2) is 9.84 Å². The van der Waals surface area contributed by atoms with E-state index in [1.165, 1.54) is 22.7 Å². The zero-order valence-corrected chi connectivity index (χ0v) is 22.0. The summed E-state index contributed by atoms with van der Waals surface area (Å²) < 4.78 is 28.2. The molecule has 2 aromatic heterocycles. The van der Waals surface area contributed by atoms with Crippen molar-refractivity contribution in [1.82, 2.24) is 14.9 Å². The van der Waals surface area contributed by atoms with Crippen molar-refractivity contribution in [3.63, 3.8) is 0 Å². The number of sulfone groups is 1. The molecule has 0 unspecified atom stereocenters. The third-order valence-electron chi connectivity index (χ3n) is 6.57. The highest BCUT2D eigenvalue weighted by atomic mass is 32.2. The first kappa shape index (κ1) is 24.3. The standard InChI is InChI=1S/C25H27N3O4S3/c1-16(2)12-25(30)8-10-28(11-9-25)24(29)18-7-6-17(23-21(18)26-15-34-23)13-35(31,32)20-5-3-4-19-22(20)27-14-33-19/h3-7,14-16,30H,8-13H2,1-2H3. The Morgan fingerprint density at radius 2 is 1.80 bits per heavy atom. The lowest BCUT2D eigenvalue weighted by molar-refractivity contribution is -0.0310. The molecule has 3 heterocycles. The molecule has 0 radical (unpaired) electrons. The second-order valence-electron chi connectivity index (χ2n) is 9.63. The molecule has 1 aliphatic heterocycles. The van der Waals surface area contributed by atoms with E-state index in [-0.39, 0.29) is 16.6 Å². The Hall–Kier alpha value is -2.40. The molecule has 184 valence electrons. The van der Waals surface area contributed by atoms with Gasteiger partial charge in [-0.25, -0.2) is 18.4 Å². The molecule has 1 N–H and O–H groups in total. The van der Waals surface area contributed by atoms with Crippen LogP contribution in [-0.4, -0.2) is 53.0 Å². The smallest absolute Gasteiger partial charge is 0.256 e. The van der Waals surface area contributed by atoms with Crippen LogP contribution in [0.3, 0.4) is 0 Å². The fourth-order valence-electron chi connectivity index (χ4n) is 4.94. The van der Waals surface area contributed by atoms with Crippen molar-refractivity contribution in [3.8, 4) is 0 Å². The quantitative estimate of drug-likeness (QED) is 0.382. The molecule has 0 spiro atoms. The number of carbonyl (C=O) groups is 1. The van der Waals surface area contributed by atoms with Gasteiger partial charge in [0.05, 0.1) is 53.3 Å². The maximum atomic E-state index is 13.4. The molecule has 35 heavy (non-hydrogen) atoms. The summed E-state index contributed by atoms with van der Waals surface area (Å²) in [6.45, 7) is 5.16. The summed E-state index contributed by atoms with van der Waals surface area (Å²) in [4.78, 5) is 24.0. The highest BCUT2D eigenvalue weighted by Gasteiger charge is 2.35. The predicted octanol–water partition coefficient (Wildman–Crippen LogP) is 4.89. The molecule has 2 aromatic carbocycles. The number of hydrogen-bond donors (Lipinski definition) is 1. The Morgan fingerprint density at radius 1 is 1.09 bits per heavy atom. The Morgan fingerprint density at radius 3 is 2.54 bits per heavy atom. The van der Waals surface area contributed by atoms with Gasteiger partial charge in [0.1, 0.15) is 0 Å². The van der Waals surface area contributed by atoms with Gasteiger partial charge in [-0.3, -0.25) is 4.79 Å². The topological polar surface area (TPSA) is 100 Å². The zero-order valence-electron chi connectivity index (χ0n) is 19.6. The third-order valence-corrected chi connectivity index (χ3v) is 9.96. The lowest BCUT2D eigenvalue weighted by Crippen LogP contribution is -2.47. The van der Waals surface area contributed by atoms with E-state index in [4.69, 9.17) is 0 Å². The van der Waals surface area contributed by atoms with Gasteiger partial charge >= 0.3 is 0 Å². The van der Waals surface area contributed by atoms with Gasteiger partial charge in [-0.1, -0.05) is 26.0 Å². The number of hydrogen-bond acceptors (Lipinski definition) is 8. The maximum absolute atomic E-state index is 13.4. The number of amides is 1.